The molecule has 0 aromatic heterocycles. The van der Waals surface area contributed by atoms with Crippen molar-refractivity contribution in [2.24, 2.45) is 5.41 Å². The van der Waals surface area contributed by atoms with Crippen LogP contribution in [0.5, 0.6) is 0 Å². The van der Waals surface area contributed by atoms with Crippen molar-refractivity contribution < 1.29 is 9.90 Å². The maximum atomic E-state index is 11.5. The summed E-state index contributed by atoms with van der Waals surface area (Å²) in [7, 11) is 0. The quantitative estimate of drug-likeness (QED) is 0.802. The van der Waals surface area contributed by atoms with E-state index in [1.807, 2.05) is 0 Å². The van der Waals surface area contributed by atoms with Crippen molar-refractivity contribution in [2.45, 2.75) is 57.9 Å². The van der Waals surface area contributed by atoms with E-state index in [1.165, 1.54) is 12.8 Å². The molecule has 0 aromatic rings. The first-order chi connectivity index (χ1) is 7.46. The molecule has 0 bridgehead atoms. The van der Waals surface area contributed by atoms with Crippen molar-refractivity contribution >= 4 is 5.97 Å². The number of aliphatic carboxylic acids is 1. The second kappa shape index (κ2) is 4.02. The predicted molar refractivity (Wildman–Crippen MR) is 63.4 cm³/mol. The summed E-state index contributed by atoms with van der Waals surface area (Å²) in [5, 5.41) is 9.47. The lowest BCUT2D eigenvalue weighted by atomic mass is 9.84. The summed E-state index contributed by atoms with van der Waals surface area (Å²) in [5.74, 6) is -0.576. The number of carboxylic acid groups (broad SMARTS) is 1. The SMILES string of the molecule is CC1(C)CCCN1CC1(C(=O)O)CCCC1. The Morgan fingerprint density at radius 1 is 1.19 bits per heavy atom. The number of carboxylic acids is 1. The van der Waals surface area contributed by atoms with Crippen molar-refractivity contribution in [3.05, 3.63) is 0 Å². The Kier molecular flexibility index (Phi) is 2.99. The molecule has 16 heavy (non-hydrogen) atoms. The van der Waals surface area contributed by atoms with Crippen molar-refractivity contribution in [3.63, 3.8) is 0 Å². The highest BCUT2D eigenvalue weighted by Crippen LogP contribution is 2.42. The van der Waals surface area contributed by atoms with Gasteiger partial charge in [0, 0.05) is 12.1 Å². The number of likely N-dealkylation sites (tertiary alicyclic amines) is 1. The number of hydrogen-bond donors (Lipinski definition) is 1. The number of rotatable bonds is 3. The molecule has 2 aliphatic rings. The summed E-state index contributed by atoms with van der Waals surface area (Å²) in [6, 6.07) is 0. The van der Waals surface area contributed by atoms with E-state index in [0.29, 0.717) is 0 Å². The molecular formula is C13H23NO2. The molecule has 3 heteroatoms. The van der Waals surface area contributed by atoms with E-state index in [4.69, 9.17) is 0 Å². The highest BCUT2D eigenvalue weighted by Gasteiger charge is 2.45. The summed E-state index contributed by atoms with van der Waals surface area (Å²) >= 11 is 0. The fourth-order valence-electron chi connectivity index (χ4n) is 3.31. The predicted octanol–water partition coefficient (Wildman–Crippen LogP) is 2.51. The minimum absolute atomic E-state index is 0.199. The van der Waals surface area contributed by atoms with Gasteiger partial charge in [-0.15, -0.1) is 0 Å². The lowest BCUT2D eigenvalue weighted by Gasteiger charge is -2.37. The first-order valence-corrected chi connectivity index (χ1v) is 6.45. The van der Waals surface area contributed by atoms with Gasteiger partial charge in [0.1, 0.15) is 0 Å². The van der Waals surface area contributed by atoms with Gasteiger partial charge in [-0.2, -0.15) is 0 Å². The average molecular weight is 225 g/mol. The summed E-state index contributed by atoms with van der Waals surface area (Å²) < 4.78 is 0. The van der Waals surface area contributed by atoms with Crippen molar-refractivity contribution in [3.8, 4) is 0 Å². The molecule has 0 atom stereocenters. The molecule has 0 amide bonds. The van der Waals surface area contributed by atoms with Gasteiger partial charge in [-0.3, -0.25) is 9.69 Å². The average Bonchev–Trinajstić information content (AvgIpc) is 2.76. The van der Waals surface area contributed by atoms with E-state index in [9.17, 15) is 9.90 Å². The molecule has 1 heterocycles. The monoisotopic (exact) mass is 225 g/mol. The minimum atomic E-state index is -0.576. The normalized spacial score (nSPS) is 28.4. The molecule has 1 aliphatic carbocycles. The Balaban J connectivity index is 2.09. The molecule has 0 radical (unpaired) electrons. The maximum absolute atomic E-state index is 11.5. The van der Waals surface area contributed by atoms with Crippen LogP contribution in [-0.2, 0) is 4.79 Å². The Labute approximate surface area is 97.8 Å². The van der Waals surface area contributed by atoms with E-state index < -0.39 is 11.4 Å². The molecule has 2 fully saturated rings. The van der Waals surface area contributed by atoms with Crippen LogP contribution in [0.3, 0.4) is 0 Å². The second-order valence-electron chi connectivity index (χ2n) is 6.13. The third-order valence-electron chi connectivity index (χ3n) is 4.58. The maximum Gasteiger partial charge on any atom is 0.310 e. The molecule has 0 unspecified atom stereocenters. The van der Waals surface area contributed by atoms with E-state index in [-0.39, 0.29) is 5.54 Å². The van der Waals surface area contributed by atoms with E-state index in [1.54, 1.807) is 0 Å². The molecule has 92 valence electrons. The van der Waals surface area contributed by atoms with Crippen LogP contribution in [0.15, 0.2) is 0 Å². The topological polar surface area (TPSA) is 40.5 Å². The Morgan fingerprint density at radius 2 is 1.81 bits per heavy atom. The lowest BCUT2D eigenvalue weighted by Crippen LogP contribution is -2.47. The van der Waals surface area contributed by atoms with Crippen LogP contribution in [0.25, 0.3) is 0 Å². The molecule has 0 spiro atoms. The third-order valence-corrected chi connectivity index (χ3v) is 4.58. The summed E-state index contributed by atoms with van der Waals surface area (Å²) in [6.45, 7) is 6.31. The van der Waals surface area contributed by atoms with Gasteiger partial charge in [-0.05, 0) is 46.1 Å². The van der Waals surface area contributed by atoms with Gasteiger partial charge < -0.3 is 5.11 Å². The van der Waals surface area contributed by atoms with Gasteiger partial charge in [-0.1, -0.05) is 12.8 Å². The minimum Gasteiger partial charge on any atom is -0.481 e. The zero-order valence-corrected chi connectivity index (χ0v) is 10.5. The van der Waals surface area contributed by atoms with Crippen molar-refractivity contribution in [2.75, 3.05) is 13.1 Å². The summed E-state index contributed by atoms with van der Waals surface area (Å²) in [5.41, 5.74) is -0.243. The molecular weight excluding hydrogens is 202 g/mol. The highest BCUT2D eigenvalue weighted by atomic mass is 16.4. The van der Waals surface area contributed by atoms with Crippen LogP contribution in [0, 0.1) is 5.41 Å². The Bertz CT molecular complexity index is 280. The van der Waals surface area contributed by atoms with E-state index in [0.717, 1.165) is 38.8 Å². The fraction of sp³-hybridized carbons (Fsp3) is 0.923. The van der Waals surface area contributed by atoms with Gasteiger partial charge in [0.15, 0.2) is 0 Å². The number of nitrogens with zero attached hydrogens (tertiary/aromatic N) is 1. The molecule has 0 aromatic carbocycles. The summed E-state index contributed by atoms with van der Waals surface area (Å²) in [4.78, 5) is 13.9. The third kappa shape index (κ3) is 1.97. The zero-order valence-electron chi connectivity index (χ0n) is 10.5. The number of hydrogen-bond acceptors (Lipinski definition) is 2. The molecule has 3 nitrogen and oxygen atoms in total. The van der Waals surface area contributed by atoms with Crippen LogP contribution < -0.4 is 0 Å². The smallest absolute Gasteiger partial charge is 0.310 e. The highest BCUT2D eigenvalue weighted by molar-refractivity contribution is 5.75. The molecule has 2 rings (SSSR count). The van der Waals surface area contributed by atoms with Crippen molar-refractivity contribution in [1.82, 2.24) is 4.90 Å². The molecule has 1 saturated heterocycles. The second-order valence-corrected chi connectivity index (χ2v) is 6.13. The van der Waals surface area contributed by atoms with Crippen LogP contribution in [0.4, 0.5) is 0 Å². The van der Waals surface area contributed by atoms with E-state index >= 15 is 0 Å². The summed E-state index contributed by atoms with van der Waals surface area (Å²) in [6.07, 6.45) is 6.32. The van der Waals surface area contributed by atoms with Crippen molar-refractivity contribution in [1.29, 1.82) is 0 Å². The first kappa shape index (κ1) is 11.9. The number of carbonyl (C=O) groups is 1. The molecule has 1 aliphatic heterocycles. The van der Waals surface area contributed by atoms with Gasteiger partial charge in [0.25, 0.3) is 0 Å². The Morgan fingerprint density at radius 3 is 2.25 bits per heavy atom. The van der Waals surface area contributed by atoms with Crippen LogP contribution in [0.2, 0.25) is 0 Å². The lowest BCUT2D eigenvalue weighted by molar-refractivity contribution is -0.150. The largest absolute Gasteiger partial charge is 0.481 e. The van der Waals surface area contributed by atoms with Gasteiger partial charge >= 0.3 is 5.97 Å². The van der Waals surface area contributed by atoms with Crippen LogP contribution in [-0.4, -0.2) is 34.6 Å². The van der Waals surface area contributed by atoms with Gasteiger partial charge in [0.2, 0.25) is 0 Å². The molecule has 1 saturated carbocycles. The fourth-order valence-corrected chi connectivity index (χ4v) is 3.31. The first-order valence-electron chi connectivity index (χ1n) is 6.45. The zero-order chi connectivity index (χ0) is 11.8. The molecule has 1 N–H and O–H groups in total. The van der Waals surface area contributed by atoms with E-state index in [2.05, 4.69) is 18.7 Å². The van der Waals surface area contributed by atoms with Crippen LogP contribution in [0.1, 0.15) is 52.4 Å². The van der Waals surface area contributed by atoms with Gasteiger partial charge in [-0.25, -0.2) is 0 Å². The van der Waals surface area contributed by atoms with Gasteiger partial charge in [0.05, 0.1) is 5.41 Å². The Hall–Kier alpha value is -0.570. The van der Waals surface area contributed by atoms with Crippen LogP contribution >= 0.6 is 0 Å². The standard InChI is InChI=1S/C13H23NO2/c1-12(2)6-5-9-14(12)10-13(11(15)16)7-3-4-8-13/h3-10H2,1-2H3,(H,15,16).